The second-order valence-electron chi connectivity index (χ2n) is 12.0. The Morgan fingerprint density at radius 1 is 0.217 bits per heavy atom. The van der Waals surface area contributed by atoms with E-state index < -0.39 is 0 Å². The lowest BCUT2D eigenvalue weighted by atomic mass is 9.83. The first kappa shape index (κ1) is 26.4. The lowest BCUT2D eigenvalue weighted by Crippen LogP contribution is -1.93. The number of hydrogen-bond donors (Lipinski definition) is 0. The molecule has 0 spiro atoms. The maximum absolute atomic E-state index is 2.44. The first-order valence-electron chi connectivity index (χ1n) is 15.9. The van der Waals surface area contributed by atoms with E-state index in [1.54, 1.807) is 0 Å². The molecule has 0 aliphatic rings. The highest BCUT2D eigenvalue weighted by Gasteiger charge is 2.19. The molecule has 0 aliphatic heterocycles. The summed E-state index contributed by atoms with van der Waals surface area (Å²) in [7, 11) is 0. The van der Waals surface area contributed by atoms with Crippen molar-refractivity contribution < 1.29 is 0 Å². The molecule has 0 saturated heterocycles. The van der Waals surface area contributed by atoms with Gasteiger partial charge in [0.1, 0.15) is 0 Å². The molecule has 214 valence electrons. The van der Waals surface area contributed by atoms with Gasteiger partial charge in [0, 0.05) is 0 Å². The van der Waals surface area contributed by atoms with Crippen molar-refractivity contribution in [1.29, 1.82) is 0 Å². The van der Waals surface area contributed by atoms with Crippen molar-refractivity contribution in [2.24, 2.45) is 0 Å². The van der Waals surface area contributed by atoms with Crippen LogP contribution in [0.25, 0.3) is 87.6 Å². The molecule has 0 N–H and O–H groups in total. The van der Waals surface area contributed by atoms with Crippen LogP contribution in [0.3, 0.4) is 0 Å². The molecule has 0 bridgehead atoms. The van der Waals surface area contributed by atoms with Gasteiger partial charge in [-0.3, -0.25) is 0 Å². The van der Waals surface area contributed by atoms with E-state index >= 15 is 0 Å². The van der Waals surface area contributed by atoms with E-state index in [1.165, 1.54) is 87.6 Å². The summed E-state index contributed by atoms with van der Waals surface area (Å²) in [4.78, 5) is 0. The molecule has 0 saturated carbocycles. The zero-order valence-electron chi connectivity index (χ0n) is 25.3. The van der Waals surface area contributed by atoms with Crippen molar-refractivity contribution in [3.63, 3.8) is 0 Å². The highest BCUT2D eigenvalue weighted by Crippen LogP contribution is 2.47. The Morgan fingerprint density at radius 3 is 1.41 bits per heavy atom. The molecule has 0 unspecified atom stereocenters. The lowest BCUT2D eigenvalue weighted by Gasteiger charge is -2.20. The van der Waals surface area contributed by atoms with E-state index in [2.05, 4.69) is 182 Å². The molecule has 9 aromatic carbocycles. The molecule has 0 radical (unpaired) electrons. The zero-order valence-corrected chi connectivity index (χ0v) is 25.3. The lowest BCUT2D eigenvalue weighted by molar-refractivity contribution is 1.63. The van der Waals surface area contributed by atoms with E-state index in [9.17, 15) is 0 Å². The fraction of sp³-hybridized carbons (Fsp3) is 0. The van der Waals surface area contributed by atoms with Crippen LogP contribution in [0.2, 0.25) is 0 Å². The number of hydrogen-bond acceptors (Lipinski definition) is 0. The third kappa shape index (κ3) is 4.23. The Labute approximate surface area is 268 Å². The number of benzene rings is 9. The highest BCUT2D eigenvalue weighted by molar-refractivity contribution is 6.24. The quantitative estimate of drug-likeness (QED) is 0.181. The largest absolute Gasteiger partial charge is 0.0622 e. The van der Waals surface area contributed by atoms with Gasteiger partial charge in [-0.2, -0.15) is 0 Å². The van der Waals surface area contributed by atoms with Gasteiger partial charge in [0.15, 0.2) is 0 Å². The van der Waals surface area contributed by atoms with E-state index in [0.29, 0.717) is 0 Å². The van der Waals surface area contributed by atoms with Crippen molar-refractivity contribution in [2.75, 3.05) is 0 Å². The molecule has 0 aromatic heterocycles. The molecule has 0 atom stereocenters. The van der Waals surface area contributed by atoms with Crippen LogP contribution in [-0.4, -0.2) is 0 Å². The van der Waals surface area contributed by atoms with E-state index in [-0.39, 0.29) is 0 Å². The van der Waals surface area contributed by atoms with Gasteiger partial charge in [0.2, 0.25) is 0 Å². The number of rotatable bonds is 4. The molecule has 0 aliphatic carbocycles. The van der Waals surface area contributed by atoms with Gasteiger partial charge in [-0.1, -0.05) is 176 Å². The second kappa shape index (κ2) is 10.9. The van der Waals surface area contributed by atoms with Crippen molar-refractivity contribution in [3.8, 4) is 44.5 Å². The van der Waals surface area contributed by atoms with Gasteiger partial charge in [-0.25, -0.2) is 0 Å². The van der Waals surface area contributed by atoms with Crippen molar-refractivity contribution in [2.45, 2.75) is 0 Å². The molecule has 0 amide bonds. The Kier molecular flexibility index (Phi) is 6.25. The van der Waals surface area contributed by atoms with Gasteiger partial charge in [0.25, 0.3) is 0 Å². The summed E-state index contributed by atoms with van der Waals surface area (Å²) in [6.07, 6.45) is 0. The summed E-state index contributed by atoms with van der Waals surface area (Å²) in [5.74, 6) is 0. The standard InChI is InChI=1S/C46H30/c1-3-14-31(15-4-1)36-28-29-37(39-22-10-9-21-38(36)39)34-26-27-43-44(30-34)46(40-25-13-19-32-16-7-8-20-35(32)40)42-24-12-11-23-41(42)45(43)33-17-5-2-6-18-33/h1-30H. The molecule has 0 heteroatoms. The van der Waals surface area contributed by atoms with Gasteiger partial charge < -0.3 is 0 Å². The summed E-state index contributed by atoms with van der Waals surface area (Å²) in [6, 6.07) is 66.5. The maximum atomic E-state index is 2.44. The Balaban J connectivity index is 1.40. The molecule has 0 fully saturated rings. The SMILES string of the molecule is c1ccc(-c2ccc(-c3ccc4c(-c5ccccc5)c5ccccc5c(-c5cccc6ccccc56)c4c3)c3ccccc23)cc1. The summed E-state index contributed by atoms with van der Waals surface area (Å²) < 4.78 is 0. The first-order valence-corrected chi connectivity index (χ1v) is 15.9. The fourth-order valence-corrected chi connectivity index (χ4v) is 7.42. The molecule has 0 nitrogen and oxygen atoms in total. The second-order valence-corrected chi connectivity index (χ2v) is 12.0. The highest BCUT2D eigenvalue weighted by atomic mass is 14.2. The summed E-state index contributed by atoms with van der Waals surface area (Å²) >= 11 is 0. The third-order valence-electron chi connectivity index (χ3n) is 9.47. The predicted molar refractivity (Wildman–Crippen MR) is 198 cm³/mol. The predicted octanol–water partition coefficient (Wildman–Crippen LogP) is 13.0. The first-order chi connectivity index (χ1) is 22.8. The summed E-state index contributed by atoms with van der Waals surface area (Å²) in [6.45, 7) is 0. The van der Waals surface area contributed by atoms with Gasteiger partial charge in [-0.15, -0.1) is 0 Å². The minimum atomic E-state index is 1.22. The smallest absolute Gasteiger partial charge is 0.00199 e. The fourth-order valence-electron chi connectivity index (χ4n) is 7.42. The molecular formula is C46H30. The molecule has 0 heterocycles. The minimum absolute atomic E-state index is 1.22. The molecule has 9 rings (SSSR count). The van der Waals surface area contributed by atoms with Crippen LogP contribution in [-0.2, 0) is 0 Å². The third-order valence-corrected chi connectivity index (χ3v) is 9.47. The minimum Gasteiger partial charge on any atom is -0.0622 e. The van der Waals surface area contributed by atoms with Crippen LogP contribution in [0, 0.1) is 0 Å². The average molecular weight is 583 g/mol. The molecule has 9 aromatic rings. The van der Waals surface area contributed by atoms with Gasteiger partial charge >= 0.3 is 0 Å². The van der Waals surface area contributed by atoms with Gasteiger partial charge in [-0.05, 0) is 93.7 Å². The van der Waals surface area contributed by atoms with Crippen molar-refractivity contribution >= 4 is 43.1 Å². The van der Waals surface area contributed by atoms with Crippen LogP contribution in [0.5, 0.6) is 0 Å². The number of fused-ring (bicyclic) bond motifs is 4. The molecular weight excluding hydrogens is 553 g/mol. The summed E-state index contributed by atoms with van der Waals surface area (Å²) in [5.41, 5.74) is 10.0. The van der Waals surface area contributed by atoms with Crippen LogP contribution in [0.1, 0.15) is 0 Å². The Morgan fingerprint density at radius 2 is 0.717 bits per heavy atom. The van der Waals surface area contributed by atoms with E-state index in [4.69, 9.17) is 0 Å². The van der Waals surface area contributed by atoms with Crippen molar-refractivity contribution in [3.05, 3.63) is 182 Å². The summed E-state index contributed by atoms with van der Waals surface area (Å²) in [5, 5.41) is 10.1. The monoisotopic (exact) mass is 582 g/mol. The van der Waals surface area contributed by atoms with Crippen molar-refractivity contribution in [1.82, 2.24) is 0 Å². The van der Waals surface area contributed by atoms with E-state index in [1.807, 2.05) is 0 Å². The van der Waals surface area contributed by atoms with Gasteiger partial charge in [0.05, 0.1) is 0 Å². The average Bonchev–Trinajstić information content (AvgIpc) is 3.14. The Hall–Kier alpha value is -5.98. The topological polar surface area (TPSA) is 0 Å². The van der Waals surface area contributed by atoms with Crippen LogP contribution in [0.4, 0.5) is 0 Å². The van der Waals surface area contributed by atoms with Crippen LogP contribution in [0.15, 0.2) is 182 Å². The van der Waals surface area contributed by atoms with E-state index in [0.717, 1.165) is 0 Å². The van der Waals surface area contributed by atoms with Crippen LogP contribution < -0.4 is 0 Å². The maximum Gasteiger partial charge on any atom is -0.00199 e. The van der Waals surface area contributed by atoms with Crippen LogP contribution >= 0.6 is 0 Å². The Bertz CT molecular complexity index is 2550. The normalized spacial score (nSPS) is 11.5. The molecule has 46 heavy (non-hydrogen) atoms. The zero-order chi connectivity index (χ0) is 30.5.